The van der Waals surface area contributed by atoms with E-state index in [4.69, 9.17) is 10.2 Å². The van der Waals surface area contributed by atoms with E-state index < -0.39 is 19.0 Å². The molecule has 5 nitrogen and oxygen atoms in total. The summed E-state index contributed by atoms with van der Waals surface area (Å²) in [6, 6.07) is 0. The van der Waals surface area contributed by atoms with Gasteiger partial charge in [0.15, 0.2) is 6.29 Å². The first-order chi connectivity index (χ1) is 3.63. The van der Waals surface area contributed by atoms with Crippen LogP contribution in [-0.2, 0) is 4.74 Å². The first-order valence-electron chi connectivity index (χ1n) is 1.91. The third-order valence-electron chi connectivity index (χ3n) is 0.375. The van der Waals surface area contributed by atoms with Crippen molar-refractivity contribution in [3.05, 3.63) is 0 Å². The second-order valence-electron chi connectivity index (χ2n) is 1.11. The number of rotatable bonds is 2. The molecule has 0 rings (SSSR count). The van der Waals surface area contributed by atoms with Gasteiger partial charge in [-0.3, -0.25) is 0 Å². The van der Waals surface area contributed by atoms with Gasteiger partial charge in [-0.2, -0.15) is 0 Å². The Balaban J connectivity index is 0. The molecule has 0 atom stereocenters. The molecule has 6 heteroatoms. The monoisotopic (exact) mass is 161 g/mol. The van der Waals surface area contributed by atoms with Crippen LogP contribution in [0.1, 0.15) is 0 Å². The van der Waals surface area contributed by atoms with Gasteiger partial charge >= 0.3 is 57.5 Å². The molecule has 9 heavy (non-hydrogen) atoms. The maximum absolute atomic E-state index is 9.68. The number of nitrogens with two attached hydrogens (primary N) is 1. The molecule has 0 aromatic rings. The molecule has 0 radical (unpaired) electrons. The number of carbonyl (C=O) groups excluding carboxylic acids is 1. The van der Waals surface area contributed by atoms with Crippen molar-refractivity contribution in [3.8, 4) is 0 Å². The Kier molecular flexibility index (Phi) is 9.64. The van der Waals surface area contributed by atoms with Gasteiger partial charge in [-0.25, -0.2) is 4.79 Å². The molecule has 0 aromatic heterocycles. The van der Waals surface area contributed by atoms with Gasteiger partial charge in [0, 0.05) is 0 Å². The van der Waals surface area contributed by atoms with Crippen LogP contribution in [0.15, 0.2) is 0 Å². The molecule has 0 heterocycles. The molecule has 0 aliphatic heterocycles. The van der Waals surface area contributed by atoms with Gasteiger partial charge in [0.1, 0.15) is 6.61 Å². The van der Waals surface area contributed by atoms with Crippen molar-refractivity contribution in [2.24, 2.45) is 5.73 Å². The van der Waals surface area contributed by atoms with Crippen LogP contribution in [0.5, 0.6) is 0 Å². The summed E-state index contributed by atoms with van der Waals surface area (Å²) in [5.74, 6) is 0. The molecule has 1 amide bonds. The van der Waals surface area contributed by atoms with E-state index in [9.17, 15) is 4.79 Å². The number of hydrogen-bond donors (Lipinski definition) is 3. The average Bonchev–Trinajstić information content (AvgIpc) is 1.61. The SMILES string of the molecule is NC(=O)OCC(O)O.[KH]. The van der Waals surface area contributed by atoms with Crippen molar-refractivity contribution in [1.82, 2.24) is 0 Å². The molecule has 0 aliphatic carbocycles. The Hall–Kier alpha value is 0.826. The topological polar surface area (TPSA) is 92.8 Å². The van der Waals surface area contributed by atoms with E-state index in [2.05, 4.69) is 10.5 Å². The van der Waals surface area contributed by atoms with Crippen molar-refractivity contribution in [2.45, 2.75) is 6.29 Å². The molecular formula is C3H8KNO4. The first-order valence-corrected chi connectivity index (χ1v) is 1.91. The maximum atomic E-state index is 9.68. The number of aliphatic hydroxyl groups excluding tert-OH is 1. The van der Waals surface area contributed by atoms with E-state index in [1.54, 1.807) is 0 Å². The molecule has 50 valence electrons. The van der Waals surface area contributed by atoms with Crippen LogP contribution in [0.4, 0.5) is 4.79 Å². The van der Waals surface area contributed by atoms with Gasteiger partial charge < -0.3 is 20.7 Å². The second-order valence-corrected chi connectivity index (χ2v) is 1.11. The van der Waals surface area contributed by atoms with E-state index >= 15 is 0 Å². The van der Waals surface area contributed by atoms with E-state index in [-0.39, 0.29) is 51.4 Å². The van der Waals surface area contributed by atoms with Crippen LogP contribution in [0.3, 0.4) is 0 Å². The van der Waals surface area contributed by atoms with Gasteiger partial charge in [0.05, 0.1) is 0 Å². The molecule has 0 bridgehead atoms. The van der Waals surface area contributed by atoms with Gasteiger partial charge in [-0.05, 0) is 0 Å². The molecule has 0 unspecified atom stereocenters. The zero-order valence-electron chi connectivity index (χ0n) is 4.07. The van der Waals surface area contributed by atoms with Gasteiger partial charge in [-0.15, -0.1) is 0 Å². The third kappa shape index (κ3) is 12.1. The first kappa shape index (κ1) is 12.5. The zero-order valence-corrected chi connectivity index (χ0v) is 4.07. The number of aliphatic hydroxyl groups is 2. The minimum absolute atomic E-state index is 0. The normalized spacial score (nSPS) is 8.33. The van der Waals surface area contributed by atoms with Crippen LogP contribution in [-0.4, -0.2) is 80.6 Å². The Labute approximate surface area is 94.6 Å². The standard InChI is InChI=1S/C3H7NO4.K.H/c4-3(7)8-1-2(5)6;;/h2,5-6H,1H2,(H2,4,7);;. The number of primary amides is 1. The Morgan fingerprint density at radius 1 is 1.67 bits per heavy atom. The molecule has 0 spiro atoms. The Morgan fingerprint density at radius 2 is 2.11 bits per heavy atom. The minimum atomic E-state index is -1.64. The van der Waals surface area contributed by atoms with E-state index in [1.807, 2.05) is 0 Å². The van der Waals surface area contributed by atoms with Crippen LogP contribution < -0.4 is 5.73 Å². The molecule has 4 N–H and O–H groups in total. The van der Waals surface area contributed by atoms with Crippen LogP contribution in [0.25, 0.3) is 0 Å². The summed E-state index contributed by atoms with van der Waals surface area (Å²) in [6.45, 7) is -0.477. The predicted molar refractivity (Wildman–Crippen MR) is 30.9 cm³/mol. The van der Waals surface area contributed by atoms with Crippen LogP contribution in [0, 0.1) is 0 Å². The fourth-order valence-corrected chi connectivity index (χ4v) is 0.157. The quantitative estimate of drug-likeness (QED) is 0.315. The number of ether oxygens (including phenoxy) is 1. The molecule has 0 fully saturated rings. The summed E-state index contributed by atoms with van der Waals surface area (Å²) in [5.41, 5.74) is 4.46. The molecule has 0 saturated carbocycles. The predicted octanol–water partition coefficient (Wildman–Crippen LogP) is -2.26. The summed E-state index contributed by atoms with van der Waals surface area (Å²) in [5, 5.41) is 16.0. The zero-order chi connectivity index (χ0) is 6.57. The van der Waals surface area contributed by atoms with Crippen molar-refractivity contribution >= 4 is 57.5 Å². The van der Waals surface area contributed by atoms with Crippen molar-refractivity contribution in [2.75, 3.05) is 6.61 Å². The van der Waals surface area contributed by atoms with Crippen LogP contribution >= 0.6 is 0 Å². The van der Waals surface area contributed by atoms with E-state index in [1.165, 1.54) is 0 Å². The van der Waals surface area contributed by atoms with Crippen molar-refractivity contribution < 1.29 is 19.7 Å². The van der Waals surface area contributed by atoms with E-state index in [0.29, 0.717) is 0 Å². The summed E-state index contributed by atoms with van der Waals surface area (Å²) in [6.07, 6.45) is -2.65. The van der Waals surface area contributed by atoms with Gasteiger partial charge in [-0.1, -0.05) is 0 Å². The van der Waals surface area contributed by atoms with Crippen LogP contribution in [0.2, 0.25) is 0 Å². The fraction of sp³-hybridized carbons (Fsp3) is 0.667. The Morgan fingerprint density at radius 3 is 2.22 bits per heavy atom. The number of carbonyl (C=O) groups is 1. The Bertz CT molecular complexity index is 85.9. The van der Waals surface area contributed by atoms with E-state index in [0.717, 1.165) is 0 Å². The second kappa shape index (κ2) is 6.94. The molecule has 0 aliphatic rings. The van der Waals surface area contributed by atoms with Crippen molar-refractivity contribution in [3.63, 3.8) is 0 Å². The fourth-order valence-electron chi connectivity index (χ4n) is 0.157. The summed E-state index contributed by atoms with van der Waals surface area (Å²) in [7, 11) is 0. The number of hydrogen-bond acceptors (Lipinski definition) is 4. The average molecular weight is 161 g/mol. The molecule has 0 aromatic carbocycles. The molecule has 0 saturated heterocycles. The number of amides is 1. The summed E-state index contributed by atoms with van der Waals surface area (Å²) >= 11 is 0. The van der Waals surface area contributed by atoms with Gasteiger partial charge in [0.2, 0.25) is 0 Å². The summed E-state index contributed by atoms with van der Waals surface area (Å²) < 4.78 is 3.94. The molecular weight excluding hydrogens is 153 g/mol. The van der Waals surface area contributed by atoms with Crippen molar-refractivity contribution in [1.29, 1.82) is 0 Å². The third-order valence-corrected chi connectivity index (χ3v) is 0.375. The van der Waals surface area contributed by atoms with Gasteiger partial charge in [0.25, 0.3) is 0 Å². The summed E-state index contributed by atoms with van der Waals surface area (Å²) in [4.78, 5) is 9.68.